The predicted octanol–water partition coefficient (Wildman–Crippen LogP) is 5.89. The van der Waals surface area contributed by atoms with E-state index in [1.165, 1.54) is 6.07 Å². The molecule has 34 heavy (non-hydrogen) atoms. The molecule has 0 radical (unpaired) electrons. The first-order chi connectivity index (χ1) is 16.2. The van der Waals surface area contributed by atoms with E-state index in [0.29, 0.717) is 27.4 Å². The quantitative estimate of drug-likeness (QED) is 0.447. The maximum atomic E-state index is 13.5. The minimum absolute atomic E-state index is 0.00286. The highest BCUT2D eigenvalue weighted by atomic mass is 35.5. The molecule has 1 aromatic carbocycles. The molecule has 1 N–H and O–H groups in total. The molecule has 11 heteroatoms. The number of aryl methyl sites for hydroxylation is 1. The van der Waals surface area contributed by atoms with Crippen LogP contribution in [0.1, 0.15) is 60.1 Å². The van der Waals surface area contributed by atoms with E-state index in [9.17, 15) is 18.0 Å². The molecule has 0 spiro atoms. The highest BCUT2D eigenvalue weighted by Crippen LogP contribution is 2.37. The van der Waals surface area contributed by atoms with Crippen LogP contribution in [0.25, 0.3) is 10.9 Å². The van der Waals surface area contributed by atoms with Gasteiger partial charge in [0.1, 0.15) is 10.6 Å². The second-order valence-electron chi connectivity index (χ2n) is 8.57. The summed E-state index contributed by atoms with van der Waals surface area (Å²) >= 11 is 7.24. The summed E-state index contributed by atoms with van der Waals surface area (Å²) in [4.78, 5) is 18.9. The van der Waals surface area contributed by atoms with Gasteiger partial charge < -0.3 is 10.2 Å². The molecule has 3 aromatic rings. The molecule has 2 aromatic heterocycles. The number of carbonyl (C=O) groups is 1. The van der Waals surface area contributed by atoms with Crippen LogP contribution in [0.4, 0.5) is 18.9 Å². The number of alkyl halides is 3. The van der Waals surface area contributed by atoms with Gasteiger partial charge in [-0.3, -0.25) is 4.79 Å². The maximum absolute atomic E-state index is 13.5. The van der Waals surface area contributed by atoms with Gasteiger partial charge in [0.05, 0.1) is 11.2 Å². The number of nitrogens with zero attached hydrogens (tertiary/aromatic N) is 4. The molecule has 0 aliphatic heterocycles. The van der Waals surface area contributed by atoms with E-state index < -0.39 is 11.9 Å². The van der Waals surface area contributed by atoms with E-state index in [0.717, 1.165) is 55.4 Å². The van der Waals surface area contributed by atoms with Crippen LogP contribution in [0, 0.1) is 0 Å². The molecule has 1 saturated carbocycles. The maximum Gasteiger partial charge on any atom is 0.433 e. The molecule has 0 unspecified atom stereocenters. The molecular weight excluding hydrogens is 487 g/mol. The Morgan fingerprint density at radius 3 is 2.65 bits per heavy atom. The van der Waals surface area contributed by atoms with Crippen molar-refractivity contribution in [2.24, 2.45) is 0 Å². The third-order valence-corrected chi connectivity index (χ3v) is 7.25. The Labute approximate surface area is 204 Å². The van der Waals surface area contributed by atoms with Gasteiger partial charge in [-0.2, -0.15) is 13.2 Å². The van der Waals surface area contributed by atoms with E-state index in [4.69, 9.17) is 11.6 Å². The van der Waals surface area contributed by atoms with Crippen molar-refractivity contribution < 1.29 is 18.0 Å². The van der Waals surface area contributed by atoms with Crippen LogP contribution in [0.5, 0.6) is 0 Å². The predicted molar refractivity (Wildman–Crippen MR) is 128 cm³/mol. The second-order valence-corrected chi connectivity index (χ2v) is 9.76. The Balaban J connectivity index is 1.48. The number of anilines is 1. The van der Waals surface area contributed by atoms with Crippen molar-refractivity contribution in [1.82, 2.24) is 19.9 Å². The van der Waals surface area contributed by atoms with Crippen molar-refractivity contribution in [3.63, 3.8) is 0 Å². The normalized spacial score (nSPS) is 18.8. The molecule has 0 saturated heterocycles. The first-order valence-corrected chi connectivity index (χ1v) is 12.3. The Hall–Kier alpha value is -2.46. The van der Waals surface area contributed by atoms with Crippen LogP contribution in [0.3, 0.4) is 0 Å². The monoisotopic (exact) mass is 511 g/mol. The number of hydrogen-bond donors (Lipinski definition) is 1. The van der Waals surface area contributed by atoms with Gasteiger partial charge in [0, 0.05) is 35.2 Å². The van der Waals surface area contributed by atoms with Gasteiger partial charge in [-0.15, -0.1) is 5.10 Å². The zero-order chi connectivity index (χ0) is 24.5. The third kappa shape index (κ3) is 5.27. The van der Waals surface area contributed by atoms with Gasteiger partial charge in [0.2, 0.25) is 0 Å². The van der Waals surface area contributed by atoms with Crippen LogP contribution in [-0.2, 0) is 12.6 Å². The van der Waals surface area contributed by atoms with Crippen LogP contribution in [0.15, 0.2) is 24.3 Å². The molecule has 1 fully saturated rings. The first kappa shape index (κ1) is 24.7. The fourth-order valence-electron chi connectivity index (χ4n) is 4.45. The molecule has 0 bridgehead atoms. The molecule has 6 nitrogen and oxygen atoms in total. The highest BCUT2D eigenvalue weighted by molar-refractivity contribution is 7.08. The number of nitrogens with one attached hydrogen (secondary N) is 1. The summed E-state index contributed by atoms with van der Waals surface area (Å²) in [5.74, 6) is -0.153. The van der Waals surface area contributed by atoms with Crippen LogP contribution >= 0.6 is 23.1 Å². The van der Waals surface area contributed by atoms with Crippen LogP contribution in [0.2, 0.25) is 5.02 Å². The van der Waals surface area contributed by atoms with Crippen molar-refractivity contribution >= 4 is 45.6 Å². The number of halogens is 4. The molecule has 1 aliphatic rings. The fourth-order valence-corrected chi connectivity index (χ4v) is 5.24. The Morgan fingerprint density at radius 2 is 1.97 bits per heavy atom. The lowest BCUT2D eigenvalue weighted by Crippen LogP contribution is -2.43. The lowest BCUT2D eigenvalue weighted by atomic mass is 9.89. The van der Waals surface area contributed by atoms with Gasteiger partial charge >= 0.3 is 6.18 Å². The summed E-state index contributed by atoms with van der Waals surface area (Å²) in [6, 6.07) is 5.83. The standard InChI is InChI=1S/C23H25ClF3N5OS/c1-3-4-18-21(34-31-30-18)22(33)28-14-6-8-15(9-7-14)32(2)19-12-20(23(25,26)27)29-17-10-5-13(24)11-16(17)19/h5,10-12,14-15H,3-4,6-9H2,1-2H3,(H,28,33). The lowest BCUT2D eigenvalue weighted by molar-refractivity contribution is -0.140. The van der Waals surface area contributed by atoms with E-state index in [1.54, 1.807) is 19.2 Å². The molecule has 1 aliphatic carbocycles. The number of fused-ring (bicyclic) bond motifs is 1. The van der Waals surface area contributed by atoms with Crippen molar-refractivity contribution in [3.8, 4) is 0 Å². The average molecular weight is 512 g/mol. The molecule has 2 heterocycles. The minimum Gasteiger partial charge on any atom is -0.371 e. The number of aromatic nitrogens is 3. The topological polar surface area (TPSA) is 71.0 Å². The first-order valence-electron chi connectivity index (χ1n) is 11.2. The zero-order valence-corrected chi connectivity index (χ0v) is 20.4. The Kier molecular flexibility index (Phi) is 7.28. The smallest absolute Gasteiger partial charge is 0.371 e. The van der Waals surface area contributed by atoms with Crippen molar-refractivity contribution in [3.05, 3.63) is 45.6 Å². The SMILES string of the molecule is CCCc1nnsc1C(=O)NC1CCC(N(C)c2cc(C(F)(F)F)nc3ccc(Cl)cc23)CC1. The van der Waals surface area contributed by atoms with Gasteiger partial charge in [-0.1, -0.05) is 29.4 Å². The van der Waals surface area contributed by atoms with Crippen LogP contribution < -0.4 is 10.2 Å². The summed E-state index contributed by atoms with van der Waals surface area (Å²) in [5.41, 5.74) is 0.503. The molecule has 1 amide bonds. The number of carbonyl (C=O) groups excluding carboxylic acids is 1. The average Bonchev–Trinajstić information content (AvgIpc) is 3.26. The largest absolute Gasteiger partial charge is 0.433 e. The van der Waals surface area contributed by atoms with E-state index in [1.807, 2.05) is 11.8 Å². The summed E-state index contributed by atoms with van der Waals surface area (Å²) < 4.78 is 44.4. The lowest BCUT2D eigenvalue weighted by Gasteiger charge is -2.37. The Morgan fingerprint density at radius 1 is 1.24 bits per heavy atom. The van der Waals surface area contributed by atoms with Crippen molar-refractivity contribution in [2.75, 3.05) is 11.9 Å². The van der Waals surface area contributed by atoms with Crippen LogP contribution in [-0.4, -0.2) is 39.6 Å². The summed E-state index contributed by atoms with van der Waals surface area (Å²) in [6.45, 7) is 2.02. The molecule has 4 rings (SSSR count). The summed E-state index contributed by atoms with van der Waals surface area (Å²) in [6.07, 6.45) is -0.0357. The second kappa shape index (κ2) is 10.0. The van der Waals surface area contributed by atoms with Crippen molar-refractivity contribution in [1.29, 1.82) is 0 Å². The third-order valence-electron chi connectivity index (χ3n) is 6.25. The van der Waals surface area contributed by atoms with E-state index in [-0.39, 0.29) is 23.5 Å². The summed E-state index contributed by atoms with van der Waals surface area (Å²) in [7, 11) is 1.80. The van der Waals surface area contributed by atoms with Gasteiger partial charge in [0.15, 0.2) is 0 Å². The highest BCUT2D eigenvalue weighted by Gasteiger charge is 2.35. The number of hydrogen-bond acceptors (Lipinski definition) is 6. The molecular formula is C23H25ClF3N5OS. The number of amides is 1. The fraction of sp³-hybridized carbons (Fsp3) is 0.478. The van der Waals surface area contributed by atoms with E-state index >= 15 is 0 Å². The molecule has 0 atom stereocenters. The number of pyridine rings is 1. The molecule has 182 valence electrons. The van der Waals surface area contributed by atoms with Crippen molar-refractivity contribution in [2.45, 2.75) is 63.7 Å². The number of rotatable bonds is 6. The summed E-state index contributed by atoms with van der Waals surface area (Å²) in [5, 5.41) is 8.16. The van der Waals surface area contributed by atoms with Gasteiger partial charge in [-0.25, -0.2) is 4.98 Å². The van der Waals surface area contributed by atoms with Gasteiger partial charge in [0.25, 0.3) is 5.91 Å². The number of benzene rings is 1. The minimum atomic E-state index is -4.55. The Bertz CT molecular complexity index is 1180. The van der Waals surface area contributed by atoms with Gasteiger partial charge in [-0.05, 0) is 67.9 Å². The van der Waals surface area contributed by atoms with E-state index in [2.05, 4.69) is 19.9 Å². The zero-order valence-electron chi connectivity index (χ0n) is 18.8.